The number of ether oxygens (including phenoxy) is 2. The van der Waals surface area contributed by atoms with Crippen LogP contribution in [0.25, 0.3) is 11.8 Å². The van der Waals surface area contributed by atoms with Crippen molar-refractivity contribution in [2.45, 2.75) is 24.5 Å². The number of nitro groups is 1. The van der Waals surface area contributed by atoms with E-state index in [4.69, 9.17) is 14.5 Å². The molecule has 47 heavy (non-hydrogen) atoms. The molecule has 1 atom stereocenters. The lowest BCUT2D eigenvalue weighted by molar-refractivity contribution is -0.384. The van der Waals surface area contributed by atoms with E-state index in [1.54, 1.807) is 47.5 Å². The molecule has 6 rings (SSSR count). The van der Waals surface area contributed by atoms with E-state index in [1.165, 1.54) is 23.5 Å². The van der Waals surface area contributed by atoms with Crippen LogP contribution in [0.4, 0.5) is 5.69 Å². The number of nitro benzene ring substituents is 1. The van der Waals surface area contributed by atoms with E-state index in [-0.39, 0.29) is 24.5 Å². The van der Waals surface area contributed by atoms with Gasteiger partial charge >= 0.3 is 5.97 Å². The Kier molecular flexibility index (Phi) is 9.46. The lowest BCUT2D eigenvalue weighted by Crippen LogP contribution is -2.40. The predicted octanol–water partition coefficient (Wildman–Crippen LogP) is 6.14. The summed E-state index contributed by atoms with van der Waals surface area (Å²) in [5.41, 5.74) is 3.55. The number of thiazole rings is 1. The molecule has 0 N–H and O–H groups in total. The molecule has 0 saturated heterocycles. The second-order valence-electron chi connectivity index (χ2n) is 10.5. The van der Waals surface area contributed by atoms with E-state index in [0.29, 0.717) is 26.4 Å². The van der Waals surface area contributed by atoms with Gasteiger partial charge in [-0.1, -0.05) is 65.9 Å². The van der Waals surface area contributed by atoms with Crippen molar-refractivity contribution in [3.63, 3.8) is 0 Å². The van der Waals surface area contributed by atoms with Crippen LogP contribution in [-0.2, 0) is 16.1 Å². The number of esters is 1. The number of carbonyl (C=O) groups excluding carboxylic acids is 1. The number of fused-ring (bicyclic) bond motifs is 1. The van der Waals surface area contributed by atoms with Crippen LogP contribution < -0.4 is 19.6 Å². The summed E-state index contributed by atoms with van der Waals surface area (Å²) >= 11 is 2.86. The molecule has 9 nitrogen and oxygen atoms in total. The van der Waals surface area contributed by atoms with Crippen molar-refractivity contribution >= 4 is 46.5 Å². The maximum atomic E-state index is 14.2. The van der Waals surface area contributed by atoms with Gasteiger partial charge in [-0.15, -0.1) is 11.8 Å². The summed E-state index contributed by atoms with van der Waals surface area (Å²) in [4.78, 5) is 44.8. The van der Waals surface area contributed by atoms with Gasteiger partial charge in [-0.2, -0.15) is 0 Å². The molecule has 0 spiro atoms. The van der Waals surface area contributed by atoms with E-state index in [2.05, 4.69) is 0 Å². The van der Waals surface area contributed by atoms with Crippen LogP contribution >= 0.6 is 23.1 Å². The van der Waals surface area contributed by atoms with Gasteiger partial charge in [-0.05, 0) is 72.3 Å². The summed E-state index contributed by atoms with van der Waals surface area (Å²) in [6.07, 6.45) is 3.78. The van der Waals surface area contributed by atoms with Gasteiger partial charge in [0.05, 0.1) is 33.4 Å². The molecule has 0 radical (unpaired) electrons. The molecular weight excluding hydrogens is 635 g/mol. The number of thioether (sulfide) groups is 1. The second kappa shape index (κ2) is 14.0. The van der Waals surface area contributed by atoms with Crippen LogP contribution in [0.3, 0.4) is 0 Å². The summed E-state index contributed by atoms with van der Waals surface area (Å²) in [6, 6.07) is 30.0. The molecule has 0 unspecified atom stereocenters. The number of hydrogen-bond donors (Lipinski definition) is 0. The zero-order chi connectivity index (χ0) is 32.9. The first kappa shape index (κ1) is 31.7. The van der Waals surface area contributed by atoms with Crippen molar-refractivity contribution in [3.8, 4) is 5.75 Å². The van der Waals surface area contributed by atoms with Crippen LogP contribution in [0.1, 0.15) is 35.2 Å². The molecule has 1 aliphatic heterocycles. The molecular formula is C36H29N3O6S2. The van der Waals surface area contributed by atoms with Crippen molar-refractivity contribution in [2.24, 2.45) is 4.99 Å². The smallest absolute Gasteiger partial charge is 0.338 e. The van der Waals surface area contributed by atoms with Crippen molar-refractivity contribution in [2.75, 3.05) is 12.9 Å². The molecule has 1 aromatic heterocycles. The Labute approximate surface area is 278 Å². The fourth-order valence-corrected chi connectivity index (χ4v) is 6.68. The number of carbonyl (C=O) groups is 1. The predicted molar refractivity (Wildman–Crippen MR) is 183 cm³/mol. The number of nitrogens with zero attached hydrogens (tertiary/aromatic N) is 3. The monoisotopic (exact) mass is 663 g/mol. The summed E-state index contributed by atoms with van der Waals surface area (Å²) in [7, 11) is 0. The zero-order valence-electron chi connectivity index (χ0n) is 25.5. The Morgan fingerprint density at radius 1 is 1.02 bits per heavy atom. The maximum Gasteiger partial charge on any atom is 0.338 e. The number of non-ortho nitro benzene ring substituents is 1. The number of benzene rings is 4. The molecule has 236 valence electrons. The minimum atomic E-state index is -0.755. The molecule has 0 saturated carbocycles. The summed E-state index contributed by atoms with van der Waals surface area (Å²) < 4.78 is 13.5. The van der Waals surface area contributed by atoms with Gasteiger partial charge in [0.1, 0.15) is 12.4 Å². The highest BCUT2D eigenvalue weighted by atomic mass is 32.2. The van der Waals surface area contributed by atoms with E-state index in [1.807, 2.05) is 79.1 Å². The molecule has 11 heteroatoms. The van der Waals surface area contributed by atoms with Gasteiger partial charge in [0.15, 0.2) is 4.80 Å². The molecule has 5 aromatic rings. The first-order valence-electron chi connectivity index (χ1n) is 14.7. The van der Waals surface area contributed by atoms with E-state index < -0.39 is 16.9 Å². The van der Waals surface area contributed by atoms with Gasteiger partial charge in [0, 0.05) is 22.6 Å². The molecule has 4 aromatic carbocycles. The van der Waals surface area contributed by atoms with E-state index >= 15 is 0 Å². The summed E-state index contributed by atoms with van der Waals surface area (Å²) in [5, 5.41) is 11.0. The largest absolute Gasteiger partial charge is 0.489 e. The third-order valence-electron chi connectivity index (χ3n) is 7.51. The Morgan fingerprint density at radius 3 is 2.45 bits per heavy atom. The van der Waals surface area contributed by atoms with Gasteiger partial charge in [-0.3, -0.25) is 19.5 Å². The lowest BCUT2D eigenvalue weighted by Gasteiger charge is -2.26. The van der Waals surface area contributed by atoms with Crippen LogP contribution in [0, 0.1) is 10.1 Å². The lowest BCUT2D eigenvalue weighted by atomic mass is 9.93. The average Bonchev–Trinajstić information content (AvgIpc) is 3.41. The number of hydrogen-bond acceptors (Lipinski definition) is 9. The highest BCUT2D eigenvalue weighted by Gasteiger charge is 2.35. The van der Waals surface area contributed by atoms with Crippen LogP contribution in [-0.4, -0.2) is 28.3 Å². The Balaban J connectivity index is 1.43. The fraction of sp³-hybridized carbons (Fsp3) is 0.139. The van der Waals surface area contributed by atoms with Gasteiger partial charge in [-0.25, -0.2) is 9.79 Å². The highest BCUT2D eigenvalue weighted by molar-refractivity contribution is 7.98. The first-order valence-corrected chi connectivity index (χ1v) is 16.8. The fourth-order valence-electron chi connectivity index (χ4n) is 5.27. The molecule has 2 heterocycles. The Hall–Kier alpha value is -5.26. The van der Waals surface area contributed by atoms with Crippen molar-refractivity contribution in [1.82, 2.24) is 4.57 Å². The third kappa shape index (κ3) is 6.81. The van der Waals surface area contributed by atoms with Crippen LogP contribution in [0.2, 0.25) is 0 Å². The topological polar surface area (TPSA) is 113 Å². The van der Waals surface area contributed by atoms with Crippen molar-refractivity contribution in [1.29, 1.82) is 0 Å². The van der Waals surface area contributed by atoms with Gasteiger partial charge < -0.3 is 9.47 Å². The molecule has 0 fully saturated rings. The van der Waals surface area contributed by atoms with Crippen molar-refractivity contribution in [3.05, 3.63) is 161 Å². The molecule has 0 aliphatic carbocycles. The Bertz CT molecular complexity index is 2160. The third-order valence-corrected chi connectivity index (χ3v) is 9.24. The minimum absolute atomic E-state index is 0.0155. The molecule has 1 aliphatic rings. The average molecular weight is 664 g/mol. The summed E-state index contributed by atoms with van der Waals surface area (Å²) in [5.74, 6) is 0.0498. The Morgan fingerprint density at radius 2 is 1.77 bits per heavy atom. The van der Waals surface area contributed by atoms with Gasteiger partial charge in [0.25, 0.3) is 11.2 Å². The van der Waals surface area contributed by atoms with E-state index in [0.717, 1.165) is 27.1 Å². The number of rotatable bonds is 10. The zero-order valence-corrected chi connectivity index (χ0v) is 27.1. The minimum Gasteiger partial charge on any atom is -0.489 e. The molecule has 0 amide bonds. The maximum absolute atomic E-state index is 14.2. The summed E-state index contributed by atoms with van der Waals surface area (Å²) in [6.45, 7) is 2.15. The van der Waals surface area contributed by atoms with Crippen molar-refractivity contribution < 1.29 is 19.2 Å². The SMILES string of the molecule is CCOC(=O)C1=C(c2ccccc2)N=c2s/c(=C\c3cccc(OCc4ccc([N+](=O)[O-])cc4)c3)c(=O)n2[C@H]1c1ccc(SC)cc1. The second-order valence-corrected chi connectivity index (χ2v) is 12.4. The van der Waals surface area contributed by atoms with Crippen LogP contribution in [0.5, 0.6) is 5.75 Å². The first-order chi connectivity index (χ1) is 22.9. The normalized spacial score (nSPS) is 14.3. The highest BCUT2D eigenvalue weighted by Crippen LogP contribution is 2.35. The molecule has 0 bridgehead atoms. The van der Waals surface area contributed by atoms with E-state index in [9.17, 15) is 19.7 Å². The standard InChI is InChI=1S/C36H29N3O6S2/c1-3-44-35(41)31-32(25-9-5-4-6-10-25)37-36-38(33(31)26-14-18-29(46-2)19-15-26)34(40)30(47-36)21-24-8-7-11-28(20-24)45-22-23-12-16-27(17-13-23)39(42)43/h4-21,33H,3,22H2,1-2H3/b30-21-/t33-/m0/s1. The van der Waals surface area contributed by atoms with Gasteiger partial charge in [0.2, 0.25) is 0 Å². The van der Waals surface area contributed by atoms with Crippen LogP contribution in [0.15, 0.2) is 123 Å². The number of aromatic nitrogens is 1. The quantitative estimate of drug-likeness (QED) is 0.0763.